The maximum absolute atomic E-state index is 11.6. The van der Waals surface area contributed by atoms with Gasteiger partial charge in [0, 0.05) is 6.42 Å². The van der Waals surface area contributed by atoms with Gasteiger partial charge >= 0.3 is 0 Å². The lowest BCUT2D eigenvalue weighted by Gasteiger charge is -2.39. The zero-order chi connectivity index (χ0) is 18.1. The molecule has 0 spiro atoms. The topological polar surface area (TPSA) is 33.9 Å². The summed E-state index contributed by atoms with van der Waals surface area (Å²) in [6.07, 6.45) is 10.5. The standard InChI is InChI=1S/C22H37NO2/c1-4-5-9-18-25-21-14-12-20(13-15-21)22(24,16-17-23(2)3)19-10-7-6-8-11-19/h12-15,19,24H,4-11,16-18H2,1-3H3/p+1/t22-/m1/s1. The summed E-state index contributed by atoms with van der Waals surface area (Å²) in [6, 6.07) is 8.26. The van der Waals surface area contributed by atoms with Gasteiger partial charge in [0.1, 0.15) is 5.75 Å². The molecule has 0 aromatic heterocycles. The highest BCUT2D eigenvalue weighted by Crippen LogP contribution is 2.41. The average Bonchev–Trinajstić information content (AvgIpc) is 2.64. The van der Waals surface area contributed by atoms with Crippen molar-refractivity contribution in [2.45, 2.75) is 70.3 Å². The van der Waals surface area contributed by atoms with Gasteiger partial charge in [-0.3, -0.25) is 0 Å². The molecule has 0 amide bonds. The highest BCUT2D eigenvalue weighted by atomic mass is 16.5. The first-order valence-corrected chi connectivity index (χ1v) is 10.3. The van der Waals surface area contributed by atoms with Crippen molar-refractivity contribution in [1.82, 2.24) is 0 Å². The Balaban J connectivity index is 2.07. The third-order valence-corrected chi connectivity index (χ3v) is 5.66. The van der Waals surface area contributed by atoms with Crippen LogP contribution in [0.2, 0.25) is 0 Å². The number of nitrogens with one attached hydrogen (secondary N) is 1. The van der Waals surface area contributed by atoms with Gasteiger partial charge < -0.3 is 14.7 Å². The highest BCUT2D eigenvalue weighted by Gasteiger charge is 2.39. The molecule has 3 heteroatoms. The zero-order valence-corrected chi connectivity index (χ0v) is 16.5. The first kappa shape index (κ1) is 20.3. The monoisotopic (exact) mass is 348 g/mol. The molecule has 1 atom stereocenters. The number of hydrogen-bond acceptors (Lipinski definition) is 2. The van der Waals surface area contributed by atoms with E-state index in [1.165, 1.54) is 37.0 Å². The van der Waals surface area contributed by atoms with E-state index in [-0.39, 0.29) is 0 Å². The molecular weight excluding hydrogens is 310 g/mol. The molecule has 0 bridgehead atoms. The van der Waals surface area contributed by atoms with Crippen molar-refractivity contribution in [3.8, 4) is 5.75 Å². The van der Waals surface area contributed by atoms with E-state index < -0.39 is 5.60 Å². The van der Waals surface area contributed by atoms with Gasteiger partial charge in [-0.15, -0.1) is 0 Å². The van der Waals surface area contributed by atoms with Crippen LogP contribution in [0.1, 0.15) is 70.3 Å². The van der Waals surface area contributed by atoms with Gasteiger partial charge in [-0.25, -0.2) is 0 Å². The highest BCUT2D eigenvalue weighted by molar-refractivity contribution is 5.31. The van der Waals surface area contributed by atoms with Gasteiger partial charge in [0.15, 0.2) is 0 Å². The molecule has 25 heavy (non-hydrogen) atoms. The summed E-state index contributed by atoms with van der Waals surface area (Å²) in [7, 11) is 4.32. The molecule has 0 aliphatic heterocycles. The van der Waals surface area contributed by atoms with Crippen LogP contribution in [-0.4, -0.2) is 32.4 Å². The Kier molecular flexibility index (Phi) is 8.25. The van der Waals surface area contributed by atoms with Crippen molar-refractivity contribution in [1.29, 1.82) is 0 Å². The summed E-state index contributed by atoms with van der Waals surface area (Å²) in [4.78, 5) is 1.39. The molecular formula is C22H38NO2+. The molecule has 142 valence electrons. The molecule has 1 saturated carbocycles. The van der Waals surface area contributed by atoms with Crippen molar-refractivity contribution in [2.75, 3.05) is 27.2 Å². The fourth-order valence-corrected chi connectivity index (χ4v) is 3.99. The van der Waals surface area contributed by atoms with E-state index in [4.69, 9.17) is 4.74 Å². The number of ether oxygens (including phenoxy) is 1. The minimum Gasteiger partial charge on any atom is -0.494 e. The van der Waals surface area contributed by atoms with Crippen molar-refractivity contribution in [3.63, 3.8) is 0 Å². The summed E-state index contributed by atoms with van der Waals surface area (Å²) in [5.41, 5.74) is 0.375. The lowest BCUT2D eigenvalue weighted by molar-refractivity contribution is -0.859. The first-order chi connectivity index (χ1) is 12.1. The van der Waals surface area contributed by atoms with Crippen LogP contribution in [0, 0.1) is 5.92 Å². The third-order valence-electron chi connectivity index (χ3n) is 5.66. The summed E-state index contributed by atoms with van der Waals surface area (Å²) < 4.78 is 5.83. The van der Waals surface area contributed by atoms with Gasteiger partial charge in [-0.2, -0.15) is 0 Å². The molecule has 1 fully saturated rings. The SMILES string of the molecule is CCCCCOc1ccc([C@@](O)(CC[NH+](C)C)C2CCCCC2)cc1. The van der Waals surface area contributed by atoms with Crippen molar-refractivity contribution >= 4 is 0 Å². The lowest BCUT2D eigenvalue weighted by atomic mass is 9.71. The molecule has 0 radical (unpaired) electrons. The predicted molar refractivity (Wildman–Crippen MR) is 104 cm³/mol. The largest absolute Gasteiger partial charge is 0.494 e. The molecule has 1 aliphatic rings. The van der Waals surface area contributed by atoms with E-state index >= 15 is 0 Å². The van der Waals surface area contributed by atoms with E-state index in [1.54, 1.807) is 0 Å². The number of hydrogen-bond donors (Lipinski definition) is 2. The maximum atomic E-state index is 11.6. The molecule has 1 aliphatic carbocycles. The van der Waals surface area contributed by atoms with E-state index in [2.05, 4.69) is 33.2 Å². The Morgan fingerprint density at radius 2 is 1.76 bits per heavy atom. The Labute approximate surface area is 154 Å². The van der Waals surface area contributed by atoms with Gasteiger partial charge in [-0.1, -0.05) is 51.2 Å². The molecule has 1 aromatic carbocycles. The van der Waals surface area contributed by atoms with E-state index in [1.807, 2.05) is 12.1 Å². The number of benzene rings is 1. The minimum atomic E-state index is -0.696. The number of quaternary nitrogens is 1. The molecule has 2 N–H and O–H groups in total. The number of unbranched alkanes of at least 4 members (excludes halogenated alkanes) is 2. The Bertz CT molecular complexity index is 479. The van der Waals surface area contributed by atoms with Gasteiger partial charge in [0.2, 0.25) is 0 Å². The fraction of sp³-hybridized carbons (Fsp3) is 0.727. The van der Waals surface area contributed by atoms with Gasteiger partial charge in [-0.05, 0) is 42.9 Å². The van der Waals surface area contributed by atoms with Crippen LogP contribution in [-0.2, 0) is 5.60 Å². The van der Waals surface area contributed by atoms with E-state index in [0.717, 1.165) is 50.1 Å². The summed E-state index contributed by atoms with van der Waals surface area (Å²) in [6.45, 7) is 3.97. The molecule has 2 rings (SSSR count). The van der Waals surface area contributed by atoms with Crippen LogP contribution in [0.5, 0.6) is 5.75 Å². The molecule has 0 heterocycles. The number of rotatable bonds is 10. The average molecular weight is 349 g/mol. The summed E-state index contributed by atoms with van der Waals surface area (Å²) in [5, 5.41) is 11.6. The Hall–Kier alpha value is -1.06. The van der Waals surface area contributed by atoms with Crippen LogP contribution >= 0.6 is 0 Å². The van der Waals surface area contributed by atoms with Crippen LogP contribution < -0.4 is 9.64 Å². The number of aliphatic hydroxyl groups is 1. The third kappa shape index (κ3) is 6.00. The second-order valence-electron chi connectivity index (χ2n) is 8.05. The normalized spacial score (nSPS) is 18.3. The second-order valence-corrected chi connectivity index (χ2v) is 8.05. The van der Waals surface area contributed by atoms with Gasteiger partial charge in [0.25, 0.3) is 0 Å². The first-order valence-electron chi connectivity index (χ1n) is 10.3. The zero-order valence-electron chi connectivity index (χ0n) is 16.5. The lowest BCUT2D eigenvalue weighted by Crippen LogP contribution is -3.05. The second kappa shape index (κ2) is 10.2. The predicted octanol–water partition coefficient (Wildman–Crippen LogP) is 3.56. The molecule has 3 nitrogen and oxygen atoms in total. The minimum absolute atomic E-state index is 0.386. The fourth-order valence-electron chi connectivity index (χ4n) is 3.99. The van der Waals surface area contributed by atoms with E-state index in [0.29, 0.717) is 5.92 Å². The van der Waals surface area contributed by atoms with E-state index in [9.17, 15) is 5.11 Å². The van der Waals surface area contributed by atoms with Crippen molar-refractivity contribution < 1.29 is 14.7 Å². The Morgan fingerprint density at radius 1 is 1.08 bits per heavy atom. The van der Waals surface area contributed by atoms with Gasteiger partial charge in [0.05, 0.1) is 32.8 Å². The van der Waals surface area contributed by atoms with Crippen LogP contribution in [0.15, 0.2) is 24.3 Å². The smallest absolute Gasteiger partial charge is 0.119 e. The van der Waals surface area contributed by atoms with Crippen LogP contribution in [0.3, 0.4) is 0 Å². The van der Waals surface area contributed by atoms with Crippen molar-refractivity contribution in [2.24, 2.45) is 5.92 Å². The molecule has 0 saturated heterocycles. The quantitative estimate of drug-likeness (QED) is 0.634. The summed E-state index contributed by atoms with van der Waals surface area (Å²) in [5.74, 6) is 1.31. The molecule has 0 unspecified atom stereocenters. The Morgan fingerprint density at radius 3 is 2.36 bits per heavy atom. The van der Waals surface area contributed by atoms with Crippen LogP contribution in [0.25, 0.3) is 0 Å². The van der Waals surface area contributed by atoms with Crippen LogP contribution in [0.4, 0.5) is 0 Å². The maximum Gasteiger partial charge on any atom is 0.119 e. The van der Waals surface area contributed by atoms with Crippen molar-refractivity contribution in [3.05, 3.63) is 29.8 Å². The summed E-state index contributed by atoms with van der Waals surface area (Å²) >= 11 is 0. The molecule has 1 aromatic rings.